The Labute approximate surface area is 322 Å². The molecule has 5 aromatic carbocycles. The molecule has 1 saturated heterocycles. The van der Waals surface area contributed by atoms with Gasteiger partial charge in [0.1, 0.15) is 18.1 Å². The van der Waals surface area contributed by atoms with Crippen LogP contribution in [0.5, 0.6) is 5.75 Å². The minimum atomic E-state index is -1.57. The molecule has 0 saturated carbocycles. The average molecular weight is 755 g/mol. The van der Waals surface area contributed by atoms with Gasteiger partial charge in [-0.15, -0.1) is 0 Å². The predicted octanol–water partition coefficient (Wildman–Crippen LogP) is 6.22. The van der Waals surface area contributed by atoms with Gasteiger partial charge >= 0.3 is 23.9 Å². The maximum atomic E-state index is 14.1. The van der Waals surface area contributed by atoms with Crippen LogP contribution in [-0.2, 0) is 30.2 Å². The molecule has 0 aliphatic carbocycles. The second-order valence-corrected chi connectivity index (χ2v) is 13.0. The molecular formula is C44H38N2O10. The zero-order valence-corrected chi connectivity index (χ0v) is 30.5. The van der Waals surface area contributed by atoms with Crippen molar-refractivity contribution in [2.45, 2.75) is 44.6 Å². The molecule has 0 aromatic heterocycles. The molecule has 1 aliphatic heterocycles. The van der Waals surface area contributed by atoms with Crippen molar-refractivity contribution in [3.8, 4) is 5.75 Å². The van der Waals surface area contributed by atoms with Gasteiger partial charge in [0.25, 0.3) is 11.8 Å². The van der Waals surface area contributed by atoms with Crippen LogP contribution < -0.4 is 15.4 Å². The number of nitrogens with one attached hydrogen (secondary N) is 2. The van der Waals surface area contributed by atoms with Gasteiger partial charge in [-0.1, -0.05) is 91.0 Å². The van der Waals surface area contributed by atoms with Crippen LogP contribution in [0.25, 0.3) is 0 Å². The van der Waals surface area contributed by atoms with Gasteiger partial charge in [-0.05, 0) is 74.4 Å². The second-order valence-electron chi connectivity index (χ2n) is 13.0. The molecule has 5 aromatic rings. The lowest BCUT2D eigenvalue weighted by Crippen LogP contribution is -2.50. The van der Waals surface area contributed by atoms with Crippen molar-refractivity contribution < 1.29 is 47.7 Å². The number of para-hydroxylation sites is 1. The summed E-state index contributed by atoms with van der Waals surface area (Å²) in [7, 11) is 0. The van der Waals surface area contributed by atoms with Gasteiger partial charge in [0.05, 0.1) is 22.4 Å². The molecule has 284 valence electrons. The lowest BCUT2D eigenvalue weighted by molar-refractivity contribution is -0.160. The number of hydrogen-bond donors (Lipinski definition) is 2. The van der Waals surface area contributed by atoms with Crippen LogP contribution in [0.3, 0.4) is 0 Å². The molecule has 5 atom stereocenters. The molecule has 6 rings (SSSR count). The van der Waals surface area contributed by atoms with Gasteiger partial charge < -0.3 is 29.6 Å². The van der Waals surface area contributed by atoms with Crippen LogP contribution in [0.4, 0.5) is 5.69 Å². The molecule has 2 amide bonds. The topological polar surface area (TPSA) is 163 Å². The van der Waals surface area contributed by atoms with E-state index in [9.17, 15) is 28.8 Å². The lowest BCUT2D eigenvalue weighted by atomic mass is 9.91. The number of amides is 2. The number of esters is 4. The molecule has 2 N–H and O–H groups in total. The van der Waals surface area contributed by atoms with E-state index in [1.54, 1.807) is 103 Å². The maximum Gasteiger partial charge on any atom is 0.343 e. The van der Waals surface area contributed by atoms with E-state index in [0.29, 0.717) is 5.56 Å². The zero-order valence-electron chi connectivity index (χ0n) is 30.5. The van der Waals surface area contributed by atoms with Crippen LogP contribution in [0.2, 0.25) is 0 Å². The third kappa shape index (κ3) is 9.34. The summed E-state index contributed by atoms with van der Waals surface area (Å²) >= 11 is 0. The lowest BCUT2D eigenvalue weighted by Gasteiger charge is -2.29. The molecule has 1 heterocycles. The normalized spacial score (nSPS) is 19.4. The van der Waals surface area contributed by atoms with E-state index in [0.717, 1.165) is 5.56 Å². The van der Waals surface area contributed by atoms with E-state index < -0.39 is 66.0 Å². The summed E-state index contributed by atoms with van der Waals surface area (Å²) in [4.78, 5) is 81.8. The molecule has 0 unspecified atom stereocenters. The van der Waals surface area contributed by atoms with Crippen molar-refractivity contribution in [2.24, 2.45) is 5.92 Å². The molecule has 0 radical (unpaired) electrons. The molecule has 0 spiro atoms. The van der Waals surface area contributed by atoms with Crippen molar-refractivity contribution >= 4 is 41.4 Å². The molecule has 0 bridgehead atoms. The van der Waals surface area contributed by atoms with Gasteiger partial charge in [0.15, 0.2) is 17.9 Å². The highest BCUT2D eigenvalue weighted by Crippen LogP contribution is 2.32. The Kier molecular flexibility index (Phi) is 12.3. The van der Waals surface area contributed by atoms with Crippen LogP contribution in [0.1, 0.15) is 60.8 Å². The number of benzene rings is 5. The molecule has 12 heteroatoms. The number of ether oxygens (including phenoxy) is 4. The first kappa shape index (κ1) is 38.6. The van der Waals surface area contributed by atoms with Crippen LogP contribution >= 0.6 is 0 Å². The fourth-order valence-corrected chi connectivity index (χ4v) is 6.16. The first-order valence-electron chi connectivity index (χ1n) is 17.9. The fraction of sp³-hybridized carbons (Fsp3) is 0.182. The molecule has 56 heavy (non-hydrogen) atoms. The summed E-state index contributed by atoms with van der Waals surface area (Å²) < 4.78 is 23.3. The fourth-order valence-electron chi connectivity index (χ4n) is 6.16. The van der Waals surface area contributed by atoms with Gasteiger partial charge in [0, 0.05) is 5.56 Å². The highest BCUT2D eigenvalue weighted by atomic mass is 16.6. The van der Waals surface area contributed by atoms with E-state index >= 15 is 0 Å². The Hall–Kier alpha value is -7.08. The van der Waals surface area contributed by atoms with Gasteiger partial charge in [-0.3, -0.25) is 14.4 Å². The highest BCUT2D eigenvalue weighted by molar-refractivity contribution is 6.08. The number of carbonyl (C=O) groups excluding carboxylic acids is 6. The molecule has 12 nitrogen and oxygen atoms in total. The quantitative estimate of drug-likeness (QED) is 0.0951. The minimum Gasteiger partial charge on any atom is -0.459 e. The number of anilines is 1. The Balaban J connectivity index is 1.30. The second kappa shape index (κ2) is 17.8. The summed E-state index contributed by atoms with van der Waals surface area (Å²) in [5.74, 6) is -6.20. The zero-order chi connectivity index (χ0) is 39.6. The van der Waals surface area contributed by atoms with Crippen LogP contribution in [0.15, 0.2) is 140 Å². The number of hydrogen-bond acceptors (Lipinski definition) is 10. The average Bonchev–Trinajstić information content (AvgIpc) is 3.24. The maximum absolute atomic E-state index is 14.1. The van der Waals surface area contributed by atoms with Crippen LogP contribution in [0, 0.1) is 5.92 Å². The van der Waals surface area contributed by atoms with Gasteiger partial charge in [0.2, 0.25) is 0 Å². The summed E-state index contributed by atoms with van der Waals surface area (Å²) in [6.07, 6.45) is -3.67. The Morgan fingerprint density at radius 1 is 0.589 bits per heavy atom. The first-order chi connectivity index (χ1) is 27.1. The number of rotatable bonds is 10. The van der Waals surface area contributed by atoms with Crippen molar-refractivity contribution in [1.29, 1.82) is 0 Å². The SMILES string of the molecule is C[C@@H]1OC(=O)[C@@H](NC(=O)c2cccc(NC(=O)c3ccccc3)c2OC(=O)c2ccccc2)[C@@H](C)OC(=O)[C@H](Cc2ccccc2)[C@H]1OC(=O)c1ccccc1. The third-order valence-corrected chi connectivity index (χ3v) is 9.08. The van der Waals surface area contributed by atoms with E-state index in [2.05, 4.69) is 10.6 Å². The van der Waals surface area contributed by atoms with Gasteiger partial charge in [-0.2, -0.15) is 0 Å². The number of carbonyl (C=O) groups is 6. The highest BCUT2D eigenvalue weighted by Gasteiger charge is 2.44. The summed E-state index contributed by atoms with van der Waals surface area (Å²) in [5.41, 5.74) is 1.21. The van der Waals surface area contributed by atoms with Crippen molar-refractivity contribution in [2.75, 3.05) is 5.32 Å². The summed E-state index contributed by atoms with van der Waals surface area (Å²) in [6.45, 7) is 2.90. The smallest absolute Gasteiger partial charge is 0.343 e. The van der Waals surface area contributed by atoms with E-state index in [-0.39, 0.29) is 34.5 Å². The van der Waals surface area contributed by atoms with Gasteiger partial charge in [-0.25, -0.2) is 14.4 Å². The Morgan fingerprint density at radius 2 is 1.12 bits per heavy atom. The largest absolute Gasteiger partial charge is 0.459 e. The standard InChI is InChI=1S/C44H38N2O10/c1-27-36(44(52)54-28(2)37(55-41(49)31-20-11-5-12-21-31)34(43(51)53-27)26-29-16-7-3-8-17-29)46-40(48)33-24-15-25-35(45-39(47)30-18-9-4-10-19-30)38(33)56-42(50)32-22-13-6-14-23-32/h3-25,27-28,34,36-37H,26H2,1-2H3,(H,45,47)(H,46,48)/t27-,28+,34-,36+,37+/m1/s1. The first-order valence-corrected chi connectivity index (χ1v) is 17.9. The Bertz CT molecular complexity index is 2200. The summed E-state index contributed by atoms with van der Waals surface area (Å²) in [6, 6.07) is 36.2. The van der Waals surface area contributed by atoms with Crippen molar-refractivity contribution in [1.82, 2.24) is 5.32 Å². The van der Waals surface area contributed by atoms with Crippen molar-refractivity contribution in [3.63, 3.8) is 0 Å². The van der Waals surface area contributed by atoms with Crippen molar-refractivity contribution in [3.05, 3.63) is 167 Å². The third-order valence-electron chi connectivity index (χ3n) is 9.08. The molecule has 1 fully saturated rings. The van der Waals surface area contributed by atoms with Crippen LogP contribution in [-0.4, -0.2) is 60.0 Å². The Morgan fingerprint density at radius 3 is 1.73 bits per heavy atom. The van der Waals surface area contributed by atoms with E-state index in [1.807, 2.05) is 6.07 Å². The molecule has 1 aliphatic rings. The molecular weight excluding hydrogens is 716 g/mol. The summed E-state index contributed by atoms with van der Waals surface area (Å²) in [5, 5.41) is 5.28. The predicted molar refractivity (Wildman–Crippen MR) is 204 cm³/mol. The monoisotopic (exact) mass is 754 g/mol. The number of cyclic esters (lactones) is 2. The van der Waals surface area contributed by atoms with E-state index in [4.69, 9.17) is 18.9 Å². The minimum absolute atomic E-state index is 0.00671. The van der Waals surface area contributed by atoms with E-state index in [1.165, 1.54) is 44.2 Å².